The van der Waals surface area contributed by atoms with Crippen molar-refractivity contribution in [3.63, 3.8) is 0 Å². The number of nitrogens with one attached hydrogen (secondary N) is 1. The number of unbranched alkanes of at least 4 members (excludes halogenated alkanes) is 3. The van der Waals surface area contributed by atoms with Gasteiger partial charge in [0.05, 0.1) is 0 Å². The molecule has 30 heavy (non-hydrogen) atoms. The van der Waals surface area contributed by atoms with E-state index in [2.05, 4.69) is 59.0 Å². The fourth-order valence-corrected chi connectivity index (χ4v) is 4.88. The van der Waals surface area contributed by atoms with Crippen molar-refractivity contribution >= 4 is 5.91 Å². The van der Waals surface area contributed by atoms with Gasteiger partial charge in [0.25, 0.3) is 0 Å². The first-order chi connectivity index (χ1) is 14.0. The lowest BCUT2D eigenvalue weighted by Crippen LogP contribution is -2.46. The summed E-state index contributed by atoms with van der Waals surface area (Å²) in [6.07, 6.45) is 8.11. The Morgan fingerprint density at radius 3 is 2.63 bits per heavy atom. The van der Waals surface area contributed by atoms with Crippen molar-refractivity contribution in [3.8, 4) is 11.5 Å². The maximum absolute atomic E-state index is 12.8. The molecule has 1 aromatic carbocycles. The maximum atomic E-state index is 12.8. The molecule has 0 fully saturated rings. The summed E-state index contributed by atoms with van der Waals surface area (Å²) in [5.74, 6) is 1.43. The second-order valence-electron chi connectivity index (χ2n) is 10.6. The van der Waals surface area contributed by atoms with E-state index in [-0.39, 0.29) is 28.8 Å². The van der Waals surface area contributed by atoms with Crippen molar-refractivity contribution in [1.29, 1.82) is 0 Å². The Labute approximate surface area is 182 Å². The highest BCUT2D eigenvalue weighted by Gasteiger charge is 2.47. The number of benzene rings is 1. The Bertz CT molecular complexity index is 816. The summed E-state index contributed by atoms with van der Waals surface area (Å²) in [4.78, 5) is 12.8. The first kappa shape index (κ1) is 22.7. The first-order valence-corrected chi connectivity index (χ1v) is 11.6. The molecule has 2 aliphatic rings. The molecular formula is C26H39NO3. The number of rotatable bonds is 6. The molecule has 4 nitrogen and oxygen atoms in total. The Kier molecular flexibility index (Phi) is 6.54. The molecule has 0 saturated heterocycles. The van der Waals surface area contributed by atoms with Crippen LogP contribution in [0.2, 0.25) is 0 Å². The van der Waals surface area contributed by atoms with Gasteiger partial charge in [-0.2, -0.15) is 0 Å². The summed E-state index contributed by atoms with van der Waals surface area (Å²) in [7, 11) is 0. The Morgan fingerprint density at radius 2 is 1.97 bits per heavy atom. The van der Waals surface area contributed by atoms with Gasteiger partial charge in [-0.15, -0.1) is 0 Å². The molecule has 0 spiro atoms. The molecular weight excluding hydrogens is 374 g/mol. The lowest BCUT2D eigenvalue weighted by atomic mass is 9.66. The van der Waals surface area contributed by atoms with Gasteiger partial charge < -0.3 is 15.2 Å². The van der Waals surface area contributed by atoms with E-state index in [1.165, 1.54) is 12.8 Å². The number of ether oxygens (including phenoxy) is 1. The zero-order valence-electron chi connectivity index (χ0n) is 19.6. The van der Waals surface area contributed by atoms with Crippen LogP contribution < -0.4 is 10.1 Å². The van der Waals surface area contributed by atoms with Crippen LogP contribution in [0.25, 0.3) is 0 Å². The van der Waals surface area contributed by atoms with Crippen LogP contribution in [0.1, 0.15) is 97.1 Å². The standard InChI is InChI=1S/C26H39NO3/c1-7-8-9-10-13-27-24(29)17-11-12-20-19(14-17)23-21(28)15-18(25(2,3)4)16-22(23)30-26(20,5)6/h11,15-16,19-20,28H,7-10,12-14H2,1-6H3,(H,27,29)/t19-,20-/m1/s1. The van der Waals surface area contributed by atoms with Crippen molar-refractivity contribution in [2.75, 3.05) is 6.54 Å². The van der Waals surface area contributed by atoms with E-state index in [4.69, 9.17) is 4.74 Å². The van der Waals surface area contributed by atoms with Gasteiger partial charge in [-0.05, 0) is 56.2 Å². The van der Waals surface area contributed by atoms with Crippen molar-refractivity contribution < 1.29 is 14.6 Å². The summed E-state index contributed by atoms with van der Waals surface area (Å²) >= 11 is 0. The zero-order chi connectivity index (χ0) is 22.1. The number of phenolic OH excluding ortho intramolecular Hbond substituents is 1. The predicted molar refractivity (Wildman–Crippen MR) is 122 cm³/mol. The van der Waals surface area contributed by atoms with Crippen LogP contribution in [-0.4, -0.2) is 23.2 Å². The van der Waals surface area contributed by atoms with Gasteiger partial charge in [-0.25, -0.2) is 0 Å². The highest BCUT2D eigenvalue weighted by Crippen LogP contribution is 2.54. The van der Waals surface area contributed by atoms with Crippen molar-refractivity contribution in [3.05, 3.63) is 34.9 Å². The van der Waals surface area contributed by atoms with Gasteiger partial charge in [0.1, 0.15) is 17.1 Å². The molecule has 1 amide bonds. The summed E-state index contributed by atoms with van der Waals surface area (Å²) in [5.41, 5.74) is 2.35. The SMILES string of the molecule is CCCCCCNC(=O)C1=CC[C@@H]2[C@@H](C1)c1c(O)cc(C(C)(C)C)cc1OC2(C)C. The first-order valence-electron chi connectivity index (χ1n) is 11.6. The predicted octanol–water partition coefficient (Wildman–Crippen LogP) is 5.98. The topological polar surface area (TPSA) is 58.6 Å². The largest absolute Gasteiger partial charge is 0.508 e. The molecule has 1 aliphatic carbocycles. The van der Waals surface area contributed by atoms with Crippen LogP contribution in [0.5, 0.6) is 11.5 Å². The Balaban J connectivity index is 1.83. The van der Waals surface area contributed by atoms with Crippen LogP contribution in [-0.2, 0) is 10.2 Å². The average molecular weight is 414 g/mol. The highest BCUT2D eigenvalue weighted by atomic mass is 16.5. The van der Waals surface area contributed by atoms with E-state index in [0.29, 0.717) is 12.2 Å². The molecule has 0 radical (unpaired) electrons. The lowest BCUT2D eigenvalue weighted by Gasteiger charge is -2.47. The van der Waals surface area contributed by atoms with Crippen LogP contribution in [0.15, 0.2) is 23.8 Å². The minimum atomic E-state index is -0.348. The zero-order valence-corrected chi connectivity index (χ0v) is 19.6. The van der Waals surface area contributed by atoms with E-state index in [0.717, 1.165) is 48.3 Å². The van der Waals surface area contributed by atoms with E-state index in [1.807, 2.05) is 6.07 Å². The number of hydrogen-bond acceptors (Lipinski definition) is 3. The summed E-state index contributed by atoms with van der Waals surface area (Å²) in [6, 6.07) is 3.96. The molecule has 0 aromatic heterocycles. The quantitative estimate of drug-likeness (QED) is 0.564. The molecule has 0 unspecified atom stereocenters. The number of fused-ring (bicyclic) bond motifs is 3. The molecule has 0 saturated carbocycles. The van der Waals surface area contributed by atoms with Crippen LogP contribution in [0.3, 0.4) is 0 Å². The normalized spacial score (nSPS) is 22.4. The molecule has 0 bridgehead atoms. The summed E-state index contributed by atoms with van der Waals surface area (Å²) < 4.78 is 6.41. The minimum Gasteiger partial charge on any atom is -0.508 e. The van der Waals surface area contributed by atoms with E-state index in [1.54, 1.807) is 0 Å². The fraction of sp³-hybridized carbons (Fsp3) is 0.654. The second kappa shape index (κ2) is 8.64. The highest BCUT2D eigenvalue weighted by molar-refractivity contribution is 5.93. The fourth-order valence-electron chi connectivity index (χ4n) is 4.88. The summed E-state index contributed by atoms with van der Waals surface area (Å²) in [5, 5.41) is 14.1. The average Bonchev–Trinajstić information content (AvgIpc) is 2.65. The third-order valence-corrected chi connectivity index (χ3v) is 6.77. The van der Waals surface area contributed by atoms with E-state index in [9.17, 15) is 9.90 Å². The molecule has 2 N–H and O–H groups in total. The lowest BCUT2D eigenvalue weighted by molar-refractivity contribution is -0.118. The van der Waals surface area contributed by atoms with Gasteiger partial charge >= 0.3 is 0 Å². The van der Waals surface area contributed by atoms with Gasteiger partial charge in [0, 0.05) is 29.5 Å². The third-order valence-electron chi connectivity index (χ3n) is 6.77. The van der Waals surface area contributed by atoms with Crippen molar-refractivity contribution in [2.45, 2.75) is 97.0 Å². The molecule has 4 heteroatoms. The van der Waals surface area contributed by atoms with E-state index < -0.39 is 0 Å². The van der Waals surface area contributed by atoms with Crippen molar-refractivity contribution in [2.24, 2.45) is 5.92 Å². The van der Waals surface area contributed by atoms with Crippen LogP contribution in [0.4, 0.5) is 0 Å². The number of aromatic hydroxyl groups is 1. The monoisotopic (exact) mass is 413 g/mol. The van der Waals surface area contributed by atoms with Crippen LogP contribution >= 0.6 is 0 Å². The van der Waals surface area contributed by atoms with Crippen LogP contribution in [0, 0.1) is 5.92 Å². The number of hydrogen-bond donors (Lipinski definition) is 2. The molecule has 1 aliphatic heterocycles. The summed E-state index contributed by atoms with van der Waals surface area (Å²) in [6.45, 7) is 13.6. The van der Waals surface area contributed by atoms with E-state index >= 15 is 0 Å². The molecule has 2 atom stereocenters. The Morgan fingerprint density at radius 1 is 1.23 bits per heavy atom. The molecule has 1 aromatic rings. The van der Waals surface area contributed by atoms with Gasteiger partial charge in [0.15, 0.2) is 0 Å². The van der Waals surface area contributed by atoms with Gasteiger partial charge in [-0.1, -0.05) is 53.0 Å². The third kappa shape index (κ3) is 4.68. The number of phenols is 1. The number of carbonyl (C=O) groups excluding carboxylic acids is 1. The minimum absolute atomic E-state index is 0.0431. The van der Waals surface area contributed by atoms with Crippen molar-refractivity contribution in [1.82, 2.24) is 5.32 Å². The second-order valence-corrected chi connectivity index (χ2v) is 10.6. The molecule has 3 rings (SSSR count). The molecule has 1 heterocycles. The van der Waals surface area contributed by atoms with Gasteiger partial charge in [0.2, 0.25) is 5.91 Å². The smallest absolute Gasteiger partial charge is 0.246 e. The number of amides is 1. The maximum Gasteiger partial charge on any atom is 0.246 e. The number of carbonyl (C=O) groups is 1. The Hall–Kier alpha value is -1.97. The van der Waals surface area contributed by atoms with Gasteiger partial charge in [-0.3, -0.25) is 4.79 Å². The molecule has 166 valence electrons. The number of allylic oxidation sites excluding steroid dienone is 1.